The van der Waals surface area contributed by atoms with Crippen molar-refractivity contribution in [3.05, 3.63) is 12.2 Å². The van der Waals surface area contributed by atoms with Crippen molar-refractivity contribution in [1.29, 1.82) is 0 Å². The minimum absolute atomic E-state index is 0.126. The van der Waals surface area contributed by atoms with Crippen LogP contribution in [0.5, 0.6) is 0 Å². The van der Waals surface area contributed by atoms with E-state index >= 15 is 0 Å². The molecule has 0 aliphatic carbocycles. The quantitative estimate of drug-likeness (QED) is 0.0385. The smallest absolute Gasteiger partial charge is 0.331 e. The van der Waals surface area contributed by atoms with Gasteiger partial charge in [-0.15, -0.1) is 0 Å². The van der Waals surface area contributed by atoms with E-state index in [-0.39, 0.29) is 12.2 Å². The van der Waals surface area contributed by atoms with Gasteiger partial charge in [-0.25, -0.2) is 9.59 Å². The van der Waals surface area contributed by atoms with Gasteiger partial charge in [0.25, 0.3) is 0 Å². The second kappa shape index (κ2) is 36.5. The Labute approximate surface area is 288 Å². The van der Waals surface area contributed by atoms with E-state index < -0.39 is 11.9 Å². The zero-order chi connectivity index (χ0) is 33.8. The minimum atomic E-state index is -0.458. The average Bonchev–Trinajstić information content (AvgIpc) is 3.03. The van der Waals surface area contributed by atoms with Gasteiger partial charge in [-0.05, 0) is 39.5 Å². The van der Waals surface area contributed by atoms with Gasteiger partial charge in [-0.2, -0.15) is 0 Å². The van der Waals surface area contributed by atoms with E-state index in [9.17, 15) is 9.59 Å². The lowest BCUT2D eigenvalue weighted by molar-refractivity contribution is -0.145. The summed E-state index contributed by atoms with van der Waals surface area (Å²) in [5, 5.41) is 0. The molecule has 0 saturated carbocycles. The van der Waals surface area contributed by atoms with Crippen LogP contribution in [0.15, 0.2) is 12.2 Å². The lowest BCUT2D eigenvalue weighted by Crippen LogP contribution is -2.15. The first-order chi connectivity index (χ1) is 22.5. The van der Waals surface area contributed by atoms with Crippen LogP contribution in [0.25, 0.3) is 0 Å². The Hall–Kier alpha value is -1.32. The largest absolute Gasteiger partial charge is 0.460 e. The first-order valence-corrected chi connectivity index (χ1v) is 20.6. The molecule has 0 aliphatic heterocycles. The summed E-state index contributed by atoms with van der Waals surface area (Å²) in [4.78, 5) is 24.2. The van der Waals surface area contributed by atoms with E-state index in [1.165, 1.54) is 192 Å². The molecule has 0 aliphatic rings. The molecular weight excluding hydrogens is 568 g/mol. The highest BCUT2D eigenvalue weighted by Gasteiger charge is 2.10. The molecule has 0 rings (SSSR count). The van der Waals surface area contributed by atoms with E-state index in [2.05, 4.69) is 13.8 Å². The fraction of sp³-hybridized carbons (Fsp3) is 0.905. The van der Waals surface area contributed by atoms with Gasteiger partial charge in [-0.3, -0.25) is 0 Å². The van der Waals surface area contributed by atoms with Crippen molar-refractivity contribution >= 4 is 11.9 Å². The van der Waals surface area contributed by atoms with Crippen LogP contribution < -0.4 is 0 Å². The van der Waals surface area contributed by atoms with Crippen molar-refractivity contribution in [2.45, 2.75) is 245 Å². The lowest BCUT2D eigenvalue weighted by Gasteiger charge is -2.12. The van der Waals surface area contributed by atoms with Crippen LogP contribution in [0.2, 0.25) is 0 Å². The molecular formula is C42H80O4. The van der Waals surface area contributed by atoms with Crippen molar-refractivity contribution in [2.24, 2.45) is 0 Å². The van der Waals surface area contributed by atoms with Gasteiger partial charge >= 0.3 is 11.9 Å². The van der Waals surface area contributed by atoms with Gasteiger partial charge in [0, 0.05) is 12.2 Å². The van der Waals surface area contributed by atoms with E-state index in [1.54, 1.807) is 0 Å². The van der Waals surface area contributed by atoms with Crippen LogP contribution >= 0.6 is 0 Å². The predicted molar refractivity (Wildman–Crippen MR) is 199 cm³/mol. The lowest BCUT2D eigenvalue weighted by atomic mass is 10.0. The third-order valence-electron chi connectivity index (χ3n) is 9.42. The van der Waals surface area contributed by atoms with Crippen molar-refractivity contribution in [3.8, 4) is 0 Å². The summed E-state index contributed by atoms with van der Waals surface area (Å²) in [5.74, 6) is -0.916. The number of hydrogen-bond donors (Lipinski definition) is 0. The number of ether oxygens (including phenoxy) is 2. The van der Waals surface area contributed by atoms with Gasteiger partial charge in [-0.1, -0.05) is 194 Å². The number of carbonyl (C=O) groups is 2. The second-order valence-electron chi connectivity index (χ2n) is 14.3. The standard InChI is InChI=1S/C42H80O4/c1-5-7-9-11-13-15-17-19-21-23-25-27-29-31-33-35-39(3)45-41(43)37-38-42(44)46-40(4)36-34-32-30-28-26-24-22-20-18-16-14-12-10-8-6-2/h37-40H,5-36H2,1-4H3/b38-37+. The van der Waals surface area contributed by atoms with E-state index in [1.807, 2.05) is 13.8 Å². The average molecular weight is 649 g/mol. The topological polar surface area (TPSA) is 52.6 Å². The number of hydrogen-bond acceptors (Lipinski definition) is 4. The van der Waals surface area contributed by atoms with Crippen molar-refractivity contribution in [2.75, 3.05) is 0 Å². The Kier molecular flexibility index (Phi) is 35.5. The molecule has 0 N–H and O–H groups in total. The Bertz CT molecular complexity index is 617. The van der Waals surface area contributed by atoms with Crippen molar-refractivity contribution < 1.29 is 19.1 Å². The fourth-order valence-corrected chi connectivity index (χ4v) is 6.34. The molecule has 0 aromatic carbocycles. The number of carbonyl (C=O) groups excluding carboxylic acids is 2. The summed E-state index contributed by atoms with van der Waals surface area (Å²) in [5.41, 5.74) is 0. The van der Waals surface area contributed by atoms with Crippen molar-refractivity contribution in [1.82, 2.24) is 0 Å². The maximum absolute atomic E-state index is 12.1. The van der Waals surface area contributed by atoms with Crippen LogP contribution in [-0.2, 0) is 19.1 Å². The van der Waals surface area contributed by atoms with E-state index in [4.69, 9.17) is 9.47 Å². The Balaban J connectivity index is 3.56. The van der Waals surface area contributed by atoms with Crippen molar-refractivity contribution in [3.63, 3.8) is 0 Å². The summed E-state index contributed by atoms with van der Waals surface area (Å²) in [6.07, 6.45) is 44.3. The summed E-state index contributed by atoms with van der Waals surface area (Å²) >= 11 is 0. The Morgan fingerprint density at radius 3 is 0.783 bits per heavy atom. The Morgan fingerprint density at radius 1 is 0.370 bits per heavy atom. The van der Waals surface area contributed by atoms with Gasteiger partial charge in [0.15, 0.2) is 0 Å². The van der Waals surface area contributed by atoms with Crippen LogP contribution in [0.4, 0.5) is 0 Å². The summed E-state index contributed by atoms with van der Waals surface area (Å²) < 4.78 is 10.9. The van der Waals surface area contributed by atoms with Gasteiger partial charge < -0.3 is 9.47 Å². The molecule has 0 bridgehead atoms. The molecule has 0 spiro atoms. The molecule has 2 atom stereocenters. The maximum Gasteiger partial charge on any atom is 0.331 e. The predicted octanol–water partition coefficient (Wildman–Crippen LogP) is 13.9. The molecule has 0 aromatic heterocycles. The van der Waals surface area contributed by atoms with Gasteiger partial charge in [0.1, 0.15) is 0 Å². The minimum Gasteiger partial charge on any atom is -0.460 e. The van der Waals surface area contributed by atoms with Crippen LogP contribution in [0.1, 0.15) is 233 Å². The molecule has 4 heteroatoms. The highest BCUT2D eigenvalue weighted by Crippen LogP contribution is 2.16. The highest BCUT2D eigenvalue weighted by atomic mass is 16.5. The summed E-state index contributed by atoms with van der Waals surface area (Å²) in [7, 11) is 0. The molecule has 0 aromatic rings. The zero-order valence-corrected chi connectivity index (χ0v) is 31.6. The molecule has 0 saturated heterocycles. The number of rotatable bonds is 36. The number of unbranched alkanes of at least 4 members (excludes halogenated alkanes) is 28. The summed E-state index contributed by atoms with van der Waals surface area (Å²) in [6.45, 7) is 8.43. The van der Waals surface area contributed by atoms with Crippen LogP contribution in [-0.4, -0.2) is 24.1 Å². The first kappa shape index (κ1) is 44.7. The molecule has 0 radical (unpaired) electrons. The van der Waals surface area contributed by atoms with Crippen LogP contribution in [0, 0.1) is 0 Å². The van der Waals surface area contributed by atoms with Crippen LogP contribution in [0.3, 0.4) is 0 Å². The molecule has 0 fully saturated rings. The van der Waals surface area contributed by atoms with E-state index in [0.717, 1.165) is 25.7 Å². The molecule has 0 heterocycles. The van der Waals surface area contributed by atoms with Gasteiger partial charge in [0.05, 0.1) is 12.2 Å². The first-order valence-electron chi connectivity index (χ1n) is 20.6. The monoisotopic (exact) mass is 649 g/mol. The van der Waals surface area contributed by atoms with E-state index in [0.29, 0.717) is 0 Å². The molecule has 2 unspecified atom stereocenters. The number of esters is 2. The maximum atomic E-state index is 12.1. The highest BCUT2D eigenvalue weighted by molar-refractivity contribution is 5.91. The third kappa shape index (κ3) is 35.5. The molecule has 0 amide bonds. The normalized spacial score (nSPS) is 12.9. The fourth-order valence-electron chi connectivity index (χ4n) is 6.34. The molecule has 272 valence electrons. The second-order valence-corrected chi connectivity index (χ2v) is 14.3. The molecule has 46 heavy (non-hydrogen) atoms. The zero-order valence-electron chi connectivity index (χ0n) is 31.6. The third-order valence-corrected chi connectivity index (χ3v) is 9.42. The molecule has 4 nitrogen and oxygen atoms in total. The Morgan fingerprint density at radius 2 is 0.565 bits per heavy atom. The summed E-state index contributed by atoms with van der Waals surface area (Å²) in [6, 6.07) is 0. The SMILES string of the molecule is CCCCCCCCCCCCCCCCCC(C)OC(=O)/C=C/C(=O)OC(C)CCCCCCCCCCCCCCCCC. The van der Waals surface area contributed by atoms with Gasteiger partial charge in [0.2, 0.25) is 0 Å².